The van der Waals surface area contributed by atoms with Gasteiger partial charge in [-0.3, -0.25) is 0 Å². The molecule has 1 heteroatoms. The maximum Gasteiger partial charge on any atom is -1.00 e. The maximum atomic E-state index is 2.40. The van der Waals surface area contributed by atoms with Crippen LogP contribution in [0.1, 0.15) is 37.0 Å². The summed E-state index contributed by atoms with van der Waals surface area (Å²) < 4.78 is 1.59. The van der Waals surface area contributed by atoms with Gasteiger partial charge in [-0.1, -0.05) is 0 Å². The fourth-order valence-electron chi connectivity index (χ4n) is 1.79. The van der Waals surface area contributed by atoms with Gasteiger partial charge in [-0.05, 0) is 0 Å². The molecular weight excluding hydrogens is 228 g/mol. The molecule has 0 saturated heterocycles. The summed E-state index contributed by atoms with van der Waals surface area (Å²) in [7, 11) is 0. The van der Waals surface area contributed by atoms with Gasteiger partial charge in [-0.2, -0.15) is 0 Å². The SMILES string of the molecule is CC(C)C1=CC[C]([Mo])=C1C(C)C.[H-].[H-]. The van der Waals surface area contributed by atoms with Crippen LogP contribution in [0.25, 0.3) is 0 Å². The van der Waals surface area contributed by atoms with Crippen LogP contribution < -0.4 is 0 Å². The summed E-state index contributed by atoms with van der Waals surface area (Å²) >= 11 is 2.19. The van der Waals surface area contributed by atoms with E-state index in [1.54, 1.807) is 15.1 Å². The van der Waals surface area contributed by atoms with Gasteiger partial charge in [0, 0.05) is 0 Å². The van der Waals surface area contributed by atoms with Gasteiger partial charge in [0.25, 0.3) is 0 Å². The number of rotatable bonds is 2. The minimum Gasteiger partial charge on any atom is -1.00 e. The number of allylic oxidation sites excluding steroid dienone is 4. The van der Waals surface area contributed by atoms with Crippen molar-refractivity contribution in [3.05, 3.63) is 21.2 Å². The second-order valence-corrected chi connectivity index (χ2v) is 5.22. The molecule has 0 amide bonds. The van der Waals surface area contributed by atoms with Crippen molar-refractivity contribution in [2.24, 2.45) is 11.8 Å². The van der Waals surface area contributed by atoms with Gasteiger partial charge in [-0.25, -0.2) is 0 Å². The van der Waals surface area contributed by atoms with Crippen LogP contribution in [0.3, 0.4) is 0 Å². The third kappa shape index (κ3) is 1.91. The van der Waals surface area contributed by atoms with Crippen molar-refractivity contribution in [3.63, 3.8) is 0 Å². The fraction of sp³-hybridized carbons (Fsp3) is 0.636. The Morgan fingerprint density at radius 2 is 1.83 bits per heavy atom. The van der Waals surface area contributed by atoms with Gasteiger partial charge in [0.2, 0.25) is 0 Å². The van der Waals surface area contributed by atoms with Crippen LogP contribution in [-0.2, 0) is 19.8 Å². The zero-order valence-electron chi connectivity index (χ0n) is 10.3. The van der Waals surface area contributed by atoms with Gasteiger partial charge in [0.05, 0.1) is 0 Å². The molecule has 0 aromatic carbocycles. The Bertz CT molecular complexity index is 240. The molecule has 12 heavy (non-hydrogen) atoms. The van der Waals surface area contributed by atoms with Gasteiger partial charge in [0.1, 0.15) is 0 Å². The Morgan fingerprint density at radius 3 is 2.17 bits per heavy atom. The van der Waals surface area contributed by atoms with Gasteiger partial charge in [-0.15, -0.1) is 0 Å². The predicted octanol–water partition coefficient (Wildman–Crippen LogP) is 3.65. The smallest absolute Gasteiger partial charge is 1.00 e. The molecule has 1 aliphatic carbocycles. The number of hydrogen-bond donors (Lipinski definition) is 0. The summed E-state index contributed by atoms with van der Waals surface area (Å²) in [6, 6.07) is 0. The van der Waals surface area contributed by atoms with E-state index in [2.05, 4.69) is 53.6 Å². The van der Waals surface area contributed by atoms with Crippen molar-refractivity contribution < 1.29 is 22.7 Å². The average molecular weight is 247 g/mol. The van der Waals surface area contributed by atoms with E-state index in [1.807, 2.05) is 0 Å². The van der Waals surface area contributed by atoms with Crippen molar-refractivity contribution in [3.8, 4) is 0 Å². The largest absolute Gasteiger partial charge is 1.00 e. The van der Waals surface area contributed by atoms with E-state index in [0.717, 1.165) is 0 Å². The van der Waals surface area contributed by atoms with Gasteiger partial charge >= 0.3 is 87.0 Å². The third-order valence-electron chi connectivity index (χ3n) is 2.32. The Kier molecular flexibility index (Phi) is 3.35. The van der Waals surface area contributed by atoms with Crippen LogP contribution in [0.4, 0.5) is 0 Å². The van der Waals surface area contributed by atoms with Crippen LogP contribution >= 0.6 is 0 Å². The van der Waals surface area contributed by atoms with Crippen molar-refractivity contribution in [2.75, 3.05) is 0 Å². The van der Waals surface area contributed by atoms with E-state index in [-0.39, 0.29) is 2.85 Å². The van der Waals surface area contributed by atoms with Gasteiger partial charge in [0.15, 0.2) is 0 Å². The first kappa shape index (κ1) is 10.3. The van der Waals surface area contributed by atoms with Gasteiger partial charge < -0.3 is 2.85 Å². The summed E-state index contributed by atoms with van der Waals surface area (Å²) in [4.78, 5) is 0. The van der Waals surface area contributed by atoms with Crippen LogP contribution in [-0.4, -0.2) is 0 Å². The molecule has 0 fully saturated rings. The van der Waals surface area contributed by atoms with Crippen molar-refractivity contribution in [2.45, 2.75) is 34.1 Å². The van der Waals surface area contributed by atoms with E-state index in [9.17, 15) is 0 Å². The monoisotopic (exact) mass is 249 g/mol. The van der Waals surface area contributed by atoms with E-state index in [0.29, 0.717) is 11.8 Å². The molecule has 71 valence electrons. The summed E-state index contributed by atoms with van der Waals surface area (Å²) in [6.07, 6.45) is 3.59. The molecule has 1 aliphatic rings. The summed E-state index contributed by atoms with van der Waals surface area (Å²) in [5, 5.41) is 0. The second-order valence-electron chi connectivity index (χ2n) is 4.01. The van der Waals surface area contributed by atoms with E-state index < -0.39 is 0 Å². The summed E-state index contributed by atoms with van der Waals surface area (Å²) in [5.41, 5.74) is 3.21. The van der Waals surface area contributed by atoms with Crippen LogP contribution in [0, 0.1) is 11.8 Å². The first-order valence-corrected chi connectivity index (χ1v) is 5.64. The summed E-state index contributed by atoms with van der Waals surface area (Å²) in [6.45, 7) is 9.16. The quantitative estimate of drug-likeness (QED) is 0.653. The molecule has 0 aromatic rings. The molecule has 0 aromatic heterocycles. The molecule has 0 nitrogen and oxygen atoms in total. The molecule has 0 heterocycles. The minimum absolute atomic E-state index is 0. The maximum absolute atomic E-state index is 2.40. The van der Waals surface area contributed by atoms with Crippen LogP contribution in [0.2, 0.25) is 0 Å². The van der Waals surface area contributed by atoms with Crippen LogP contribution in [0.15, 0.2) is 21.2 Å². The Labute approximate surface area is 90.0 Å². The molecule has 0 atom stereocenters. The zero-order valence-corrected chi connectivity index (χ0v) is 10.4. The second kappa shape index (κ2) is 3.92. The molecule has 1 rings (SSSR count). The van der Waals surface area contributed by atoms with E-state index in [4.69, 9.17) is 0 Å². The first-order chi connectivity index (χ1) is 5.54. The molecule has 0 bridgehead atoms. The molecule has 0 spiro atoms. The van der Waals surface area contributed by atoms with Crippen molar-refractivity contribution in [1.29, 1.82) is 0 Å². The normalized spacial score (nSPS) is 18.0. The van der Waals surface area contributed by atoms with Crippen molar-refractivity contribution >= 4 is 0 Å². The molecule has 0 saturated carbocycles. The minimum atomic E-state index is 0. The summed E-state index contributed by atoms with van der Waals surface area (Å²) in [5.74, 6) is 1.39. The first-order valence-electron chi connectivity index (χ1n) is 4.64. The molecule has 0 radical (unpaired) electrons. The standard InChI is InChI=1S/C11H17.Mo.2H/c1-8(2)10-6-5-7-11(10)9(3)4;;;/h6,8-9H,5H2,1-4H3;;;/q;;2*-1. The number of hydrogen-bond acceptors (Lipinski definition) is 0. The van der Waals surface area contributed by atoms with Crippen molar-refractivity contribution in [1.82, 2.24) is 0 Å². The Morgan fingerprint density at radius 1 is 1.25 bits per heavy atom. The predicted molar refractivity (Wildman–Crippen MR) is 51.6 cm³/mol. The average Bonchev–Trinajstić information content (AvgIpc) is 2.30. The molecular formula is C11H19Mo-2. The topological polar surface area (TPSA) is 0 Å². The zero-order chi connectivity index (χ0) is 9.30. The molecule has 0 unspecified atom stereocenters. The van der Waals surface area contributed by atoms with E-state index in [1.165, 1.54) is 6.42 Å². The Balaban J connectivity index is 0. The van der Waals surface area contributed by atoms with Crippen LogP contribution in [0.5, 0.6) is 0 Å². The molecule has 0 N–H and O–H groups in total. The van der Waals surface area contributed by atoms with E-state index >= 15 is 0 Å². The Hall–Kier alpha value is 0.168. The fourth-order valence-corrected chi connectivity index (χ4v) is 2.86. The molecule has 0 aliphatic heterocycles. The third-order valence-corrected chi connectivity index (χ3v) is 3.27.